The Bertz CT molecular complexity index is 590. The Labute approximate surface area is 130 Å². The van der Waals surface area contributed by atoms with Crippen LogP contribution in [0.1, 0.15) is 12.5 Å². The van der Waals surface area contributed by atoms with Crippen LogP contribution in [-0.4, -0.2) is 49.6 Å². The quantitative estimate of drug-likeness (QED) is 0.827. The molecular formula is C14H22N2O3S2. The molecular weight excluding hydrogens is 308 g/mol. The third kappa shape index (κ3) is 3.84. The van der Waals surface area contributed by atoms with Gasteiger partial charge in [0.1, 0.15) is 11.1 Å². The molecule has 5 nitrogen and oxygen atoms in total. The molecule has 1 aliphatic heterocycles. The topological polar surface area (TPSA) is 72.6 Å². The fourth-order valence-corrected chi connectivity index (χ4v) is 5.52. The Balaban J connectivity index is 2.18. The van der Waals surface area contributed by atoms with Crippen molar-refractivity contribution in [3.63, 3.8) is 0 Å². The van der Waals surface area contributed by atoms with Gasteiger partial charge in [0.15, 0.2) is 9.84 Å². The molecule has 0 aromatic heterocycles. The maximum atomic E-state index is 12.2. The molecule has 1 unspecified atom stereocenters. The molecule has 1 aromatic carbocycles. The number of nitrogen functional groups attached to an aromatic ring is 1. The Morgan fingerprint density at radius 2 is 2.24 bits per heavy atom. The highest BCUT2D eigenvalue weighted by Gasteiger charge is 2.32. The van der Waals surface area contributed by atoms with Crippen LogP contribution in [0, 0.1) is 0 Å². The first-order valence-electron chi connectivity index (χ1n) is 6.93. The molecule has 1 atom stereocenters. The van der Waals surface area contributed by atoms with E-state index in [2.05, 4.69) is 0 Å². The number of thioether (sulfide) groups is 1. The largest absolute Gasteiger partial charge is 0.495 e. The van der Waals surface area contributed by atoms with Crippen LogP contribution in [0.3, 0.4) is 0 Å². The van der Waals surface area contributed by atoms with Gasteiger partial charge in [-0.2, -0.15) is 11.8 Å². The summed E-state index contributed by atoms with van der Waals surface area (Å²) in [5.74, 6) is 2.42. The van der Waals surface area contributed by atoms with Crippen molar-refractivity contribution in [1.29, 1.82) is 0 Å². The van der Waals surface area contributed by atoms with E-state index in [-0.39, 0.29) is 5.75 Å². The second-order valence-electron chi connectivity index (χ2n) is 5.03. The van der Waals surface area contributed by atoms with Crippen molar-refractivity contribution < 1.29 is 13.2 Å². The van der Waals surface area contributed by atoms with Crippen LogP contribution in [-0.2, 0) is 16.4 Å². The van der Waals surface area contributed by atoms with Gasteiger partial charge in [-0.1, -0.05) is 13.0 Å². The van der Waals surface area contributed by atoms with Crippen LogP contribution in [0.5, 0.6) is 5.75 Å². The van der Waals surface area contributed by atoms with Crippen LogP contribution in [0.15, 0.2) is 18.2 Å². The number of hydrogen-bond donors (Lipinski definition) is 1. The average Bonchev–Trinajstić information content (AvgIpc) is 2.48. The molecule has 0 spiro atoms. The predicted octanol–water partition coefficient (Wildman–Crippen LogP) is 1.59. The van der Waals surface area contributed by atoms with Gasteiger partial charge in [0, 0.05) is 30.3 Å². The highest BCUT2D eigenvalue weighted by atomic mass is 32.2. The van der Waals surface area contributed by atoms with E-state index < -0.39 is 15.2 Å². The van der Waals surface area contributed by atoms with Crippen LogP contribution in [0.2, 0.25) is 0 Å². The van der Waals surface area contributed by atoms with Crippen molar-refractivity contribution in [2.75, 3.05) is 36.6 Å². The first-order valence-corrected chi connectivity index (χ1v) is 9.80. The van der Waals surface area contributed by atoms with Gasteiger partial charge in [0.25, 0.3) is 0 Å². The third-order valence-corrected chi connectivity index (χ3v) is 7.02. The number of sulfone groups is 1. The molecule has 1 saturated heterocycles. The number of benzene rings is 1. The van der Waals surface area contributed by atoms with Gasteiger partial charge < -0.3 is 10.5 Å². The number of methoxy groups -OCH3 is 1. The molecule has 21 heavy (non-hydrogen) atoms. The van der Waals surface area contributed by atoms with Gasteiger partial charge >= 0.3 is 0 Å². The fraction of sp³-hybridized carbons (Fsp3) is 0.571. The Hall–Kier alpha value is -0.920. The molecule has 2 rings (SSSR count). The summed E-state index contributed by atoms with van der Waals surface area (Å²) >= 11 is 1.70. The van der Waals surface area contributed by atoms with Gasteiger partial charge in [-0.15, -0.1) is 0 Å². The zero-order valence-electron chi connectivity index (χ0n) is 12.4. The van der Waals surface area contributed by atoms with Crippen molar-refractivity contribution in [2.45, 2.75) is 18.8 Å². The second kappa shape index (κ2) is 6.89. The lowest BCUT2D eigenvalue weighted by Gasteiger charge is -2.34. The first-order chi connectivity index (χ1) is 9.97. The van der Waals surface area contributed by atoms with Crippen LogP contribution in [0.4, 0.5) is 5.69 Å². The Morgan fingerprint density at radius 3 is 2.86 bits per heavy atom. The zero-order chi connectivity index (χ0) is 15.5. The lowest BCUT2D eigenvalue weighted by atomic mass is 10.1. The molecule has 7 heteroatoms. The minimum absolute atomic E-state index is 0.180. The molecule has 0 amide bonds. The summed E-state index contributed by atoms with van der Waals surface area (Å²) in [6.45, 7) is 3.08. The predicted molar refractivity (Wildman–Crippen MR) is 88.4 cm³/mol. The van der Waals surface area contributed by atoms with E-state index in [0.717, 1.165) is 17.9 Å². The van der Waals surface area contributed by atoms with Crippen molar-refractivity contribution >= 4 is 27.3 Å². The molecule has 1 heterocycles. The zero-order valence-corrected chi connectivity index (χ0v) is 14.0. The molecule has 118 valence electrons. The number of rotatable bonds is 5. The standard InChI is InChI=1S/C14H22N2O3S2/c1-3-21(17,18)14-10-20-7-6-16(14)9-11-4-5-13(19-2)12(15)8-11/h4-5,8,14H,3,6-7,9-10,15H2,1-2H3. The molecule has 0 bridgehead atoms. The van der Waals surface area contributed by atoms with Gasteiger partial charge in [0.2, 0.25) is 0 Å². The van der Waals surface area contributed by atoms with E-state index in [4.69, 9.17) is 10.5 Å². The Morgan fingerprint density at radius 1 is 1.48 bits per heavy atom. The maximum Gasteiger partial charge on any atom is 0.166 e. The molecule has 1 aliphatic rings. The molecule has 2 N–H and O–H groups in total. The Kier molecular flexibility index (Phi) is 5.40. The minimum atomic E-state index is -3.06. The van der Waals surface area contributed by atoms with Gasteiger partial charge in [-0.05, 0) is 17.7 Å². The van der Waals surface area contributed by atoms with E-state index in [0.29, 0.717) is 23.7 Å². The average molecular weight is 330 g/mol. The highest BCUT2D eigenvalue weighted by Crippen LogP contribution is 2.26. The van der Waals surface area contributed by atoms with E-state index in [1.165, 1.54) is 0 Å². The lowest BCUT2D eigenvalue weighted by molar-refractivity contribution is 0.261. The van der Waals surface area contributed by atoms with Crippen LogP contribution < -0.4 is 10.5 Å². The van der Waals surface area contributed by atoms with Gasteiger partial charge in [-0.25, -0.2) is 8.42 Å². The smallest absolute Gasteiger partial charge is 0.166 e. The molecule has 0 radical (unpaired) electrons. The summed E-state index contributed by atoms with van der Waals surface area (Å²) in [7, 11) is -1.48. The summed E-state index contributed by atoms with van der Waals surface area (Å²) < 4.78 is 29.6. The van der Waals surface area contributed by atoms with E-state index in [1.807, 2.05) is 23.1 Å². The maximum absolute atomic E-state index is 12.2. The van der Waals surface area contributed by atoms with Crippen molar-refractivity contribution in [2.24, 2.45) is 0 Å². The number of anilines is 1. The number of nitrogens with two attached hydrogens (primary N) is 1. The summed E-state index contributed by atoms with van der Waals surface area (Å²) in [6, 6.07) is 5.62. The van der Waals surface area contributed by atoms with Gasteiger partial charge in [-0.3, -0.25) is 4.90 Å². The number of hydrogen-bond acceptors (Lipinski definition) is 6. The van der Waals surface area contributed by atoms with Crippen LogP contribution >= 0.6 is 11.8 Å². The fourth-order valence-electron chi connectivity index (χ4n) is 2.44. The summed E-state index contributed by atoms with van der Waals surface area (Å²) in [6.07, 6.45) is 0. The number of ether oxygens (including phenoxy) is 1. The molecule has 0 aliphatic carbocycles. The third-order valence-electron chi connectivity index (χ3n) is 3.69. The lowest BCUT2D eigenvalue weighted by Crippen LogP contribution is -2.47. The summed E-state index contributed by atoms with van der Waals surface area (Å²) in [5, 5.41) is -0.399. The number of nitrogens with zero attached hydrogens (tertiary/aromatic N) is 1. The first kappa shape index (κ1) is 16.5. The molecule has 0 saturated carbocycles. The van der Waals surface area contributed by atoms with Crippen molar-refractivity contribution in [3.8, 4) is 5.75 Å². The normalized spacial score (nSPS) is 20.4. The highest BCUT2D eigenvalue weighted by molar-refractivity contribution is 8.01. The molecule has 1 fully saturated rings. The van der Waals surface area contributed by atoms with Crippen molar-refractivity contribution in [3.05, 3.63) is 23.8 Å². The molecule has 1 aromatic rings. The SMILES string of the molecule is CCS(=O)(=O)C1CSCCN1Cc1ccc(OC)c(N)c1. The monoisotopic (exact) mass is 330 g/mol. The van der Waals surface area contributed by atoms with E-state index in [1.54, 1.807) is 25.8 Å². The van der Waals surface area contributed by atoms with Gasteiger partial charge in [0.05, 0.1) is 12.8 Å². The minimum Gasteiger partial charge on any atom is -0.495 e. The van der Waals surface area contributed by atoms with E-state index >= 15 is 0 Å². The van der Waals surface area contributed by atoms with E-state index in [9.17, 15) is 8.42 Å². The summed E-state index contributed by atoms with van der Waals surface area (Å²) in [5.41, 5.74) is 7.51. The van der Waals surface area contributed by atoms with Crippen LogP contribution in [0.25, 0.3) is 0 Å². The second-order valence-corrected chi connectivity index (χ2v) is 8.62. The summed E-state index contributed by atoms with van der Waals surface area (Å²) in [4.78, 5) is 2.04. The van der Waals surface area contributed by atoms with Crippen molar-refractivity contribution in [1.82, 2.24) is 4.90 Å².